The molecular weight excluding hydrogens is 368 g/mol. The molecule has 2 aromatic heterocycles. The van der Waals surface area contributed by atoms with E-state index in [0.29, 0.717) is 23.7 Å². The number of aromatic nitrogens is 4. The molecule has 0 amide bonds. The second kappa shape index (κ2) is 8.14. The van der Waals surface area contributed by atoms with E-state index in [-0.39, 0.29) is 0 Å². The third-order valence-electron chi connectivity index (χ3n) is 4.56. The summed E-state index contributed by atoms with van der Waals surface area (Å²) in [6.07, 6.45) is 2.63. The third-order valence-corrected chi connectivity index (χ3v) is 4.56. The van der Waals surface area contributed by atoms with Gasteiger partial charge >= 0.3 is 0 Å². The summed E-state index contributed by atoms with van der Waals surface area (Å²) in [4.78, 5) is 4.56. The van der Waals surface area contributed by atoms with Crippen molar-refractivity contribution in [3.05, 3.63) is 48.0 Å². The molecule has 0 atom stereocenters. The van der Waals surface area contributed by atoms with Crippen LogP contribution < -0.4 is 14.9 Å². The number of anilines is 1. The lowest BCUT2D eigenvalue weighted by Crippen LogP contribution is -2.02. The summed E-state index contributed by atoms with van der Waals surface area (Å²) in [5.74, 6) is 1.87. The molecule has 29 heavy (non-hydrogen) atoms. The predicted octanol–water partition coefficient (Wildman–Crippen LogP) is 3.76. The molecule has 4 rings (SSSR count). The van der Waals surface area contributed by atoms with Crippen molar-refractivity contribution in [3.8, 4) is 11.5 Å². The number of para-hydroxylation sites is 1. The van der Waals surface area contributed by atoms with E-state index in [2.05, 4.69) is 32.6 Å². The quantitative estimate of drug-likeness (QED) is 0.382. The lowest BCUT2D eigenvalue weighted by atomic mass is 10.2. The van der Waals surface area contributed by atoms with Gasteiger partial charge < -0.3 is 14.0 Å². The molecule has 2 heterocycles. The third kappa shape index (κ3) is 3.69. The first-order valence-electron chi connectivity index (χ1n) is 9.39. The Kier molecular flexibility index (Phi) is 5.24. The van der Waals surface area contributed by atoms with Crippen LogP contribution in [0.2, 0.25) is 0 Å². The van der Waals surface area contributed by atoms with Crippen molar-refractivity contribution in [2.24, 2.45) is 12.1 Å². The van der Waals surface area contributed by atoms with E-state index in [1.165, 1.54) is 0 Å². The van der Waals surface area contributed by atoms with Crippen LogP contribution in [-0.4, -0.2) is 39.7 Å². The first-order chi connectivity index (χ1) is 14.2. The minimum absolute atomic E-state index is 0.318. The van der Waals surface area contributed by atoms with Crippen molar-refractivity contribution in [2.75, 3.05) is 19.1 Å². The van der Waals surface area contributed by atoms with Crippen LogP contribution in [0.15, 0.2) is 47.6 Å². The number of hydrogen-bond donors (Lipinski definition) is 1. The molecule has 8 nitrogen and oxygen atoms in total. The Bertz CT molecular complexity index is 1180. The van der Waals surface area contributed by atoms with Gasteiger partial charge in [-0.1, -0.05) is 19.1 Å². The molecule has 1 N–H and O–H groups in total. The van der Waals surface area contributed by atoms with Crippen LogP contribution in [-0.2, 0) is 7.05 Å². The number of benzene rings is 2. The SMILES string of the molecule is CCCOc1ccccc1C=NNc1nnc2c3cc(OC)ccc3n(C)c2n1. The smallest absolute Gasteiger partial charge is 0.265 e. The monoisotopic (exact) mass is 390 g/mol. The number of nitrogens with one attached hydrogen (secondary N) is 1. The predicted molar refractivity (Wildman–Crippen MR) is 114 cm³/mol. The Hall–Kier alpha value is -3.68. The summed E-state index contributed by atoms with van der Waals surface area (Å²) >= 11 is 0. The van der Waals surface area contributed by atoms with Gasteiger partial charge in [-0.3, -0.25) is 0 Å². The molecule has 2 aromatic carbocycles. The van der Waals surface area contributed by atoms with Crippen LogP contribution in [0, 0.1) is 0 Å². The van der Waals surface area contributed by atoms with E-state index in [1.54, 1.807) is 13.3 Å². The molecule has 0 aliphatic rings. The summed E-state index contributed by atoms with van der Waals surface area (Å²) < 4.78 is 13.0. The Balaban J connectivity index is 1.60. The fourth-order valence-electron chi connectivity index (χ4n) is 3.10. The molecule has 0 unspecified atom stereocenters. The van der Waals surface area contributed by atoms with Crippen molar-refractivity contribution in [2.45, 2.75) is 13.3 Å². The van der Waals surface area contributed by atoms with Crippen LogP contribution in [0.1, 0.15) is 18.9 Å². The Labute approximate surface area is 168 Å². The highest BCUT2D eigenvalue weighted by molar-refractivity contribution is 6.04. The van der Waals surface area contributed by atoms with E-state index in [1.807, 2.05) is 54.1 Å². The van der Waals surface area contributed by atoms with Gasteiger partial charge in [0.2, 0.25) is 0 Å². The molecule has 0 bridgehead atoms. The summed E-state index contributed by atoms with van der Waals surface area (Å²) in [6, 6.07) is 13.6. The van der Waals surface area contributed by atoms with E-state index in [9.17, 15) is 0 Å². The van der Waals surface area contributed by atoms with Crippen molar-refractivity contribution in [1.82, 2.24) is 19.7 Å². The zero-order valence-electron chi connectivity index (χ0n) is 16.6. The molecule has 8 heteroatoms. The Morgan fingerprint density at radius 3 is 2.86 bits per heavy atom. The van der Waals surface area contributed by atoms with Gasteiger partial charge in [-0.25, -0.2) is 5.43 Å². The molecule has 4 aromatic rings. The summed E-state index contributed by atoms with van der Waals surface area (Å²) in [5.41, 5.74) is 6.17. The molecule has 0 saturated carbocycles. The van der Waals surface area contributed by atoms with E-state index in [4.69, 9.17) is 9.47 Å². The largest absolute Gasteiger partial charge is 0.497 e. The van der Waals surface area contributed by atoms with Gasteiger partial charge in [0.15, 0.2) is 5.65 Å². The lowest BCUT2D eigenvalue weighted by Gasteiger charge is -2.07. The Morgan fingerprint density at radius 1 is 1.17 bits per heavy atom. The average Bonchev–Trinajstić information content (AvgIpc) is 3.04. The molecule has 0 spiro atoms. The van der Waals surface area contributed by atoms with E-state index >= 15 is 0 Å². The normalized spacial score (nSPS) is 11.4. The number of fused-ring (bicyclic) bond motifs is 3. The van der Waals surface area contributed by atoms with Crippen LogP contribution in [0.5, 0.6) is 11.5 Å². The first kappa shape index (κ1) is 18.7. The summed E-state index contributed by atoms with van der Waals surface area (Å²) in [5, 5.41) is 13.7. The van der Waals surface area contributed by atoms with Gasteiger partial charge in [0, 0.05) is 18.0 Å². The van der Waals surface area contributed by atoms with Crippen LogP contribution in [0.25, 0.3) is 22.1 Å². The van der Waals surface area contributed by atoms with Crippen LogP contribution >= 0.6 is 0 Å². The van der Waals surface area contributed by atoms with E-state index in [0.717, 1.165) is 34.4 Å². The fourth-order valence-corrected chi connectivity index (χ4v) is 3.10. The molecule has 0 fully saturated rings. The maximum atomic E-state index is 5.74. The molecule has 148 valence electrons. The van der Waals surface area contributed by atoms with Crippen molar-refractivity contribution in [1.29, 1.82) is 0 Å². The molecule has 0 aliphatic heterocycles. The highest BCUT2D eigenvalue weighted by atomic mass is 16.5. The number of nitrogens with zero attached hydrogens (tertiary/aromatic N) is 5. The highest BCUT2D eigenvalue weighted by Crippen LogP contribution is 2.28. The van der Waals surface area contributed by atoms with Crippen LogP contribution in [0.4, 0.5) is 5.95 Å². The average molecular weight is 390 g/mol. The minimum atomic E-state index is 0.318. The molecular formula is C21H22N6O2. The number of rotatable bonds is 7. The van der Waals surface area contributed by atoms with Crippen molar-refractivity contribution < 1.29 is 9.47 Å². The first-order valence-corrected chi connectivity index (χ1v) is 9.39. The number of ether oxygens (including phenoxy) is 2. The number of hydrazone groups is 1. The van der Waals surface area contributed by atoms with E-state index < -0.39 is 0 Å². The molecule has 0 aliphatic carbocycles. The van der Waals surface area contributed by atoms with Crippen molar-refractivity contribution >= 4 is 34.2 Å². The molecule has 0 saturated heterocycles. The molecule has 0 radical (unpaired) electrons. The number of aryl methyl sites for hydroxylation is 1. The van der Waals surface area contributed by atoms with Gasteiger partial charge in [-0.15, -0.1) is 10.2 Å². The topological polar surface area (TPSA) is 86.5 Å². The van der Waals surface area contributed by atoms with Crippen LogP contribution in [0.3, 0.4) is 0 Å². The van der Waals surface area contributed by atoms with Gasteiger partial charge in [0.25, 0.3) is 5.95 Å². The van der Waals surface area contributed by atoms with Gasteiger partial charge in [-0.2, -0.15) is 10.1 Å². The summed E-state index contributed by atoms with van der Waals surface area (Å²) in [6.45, 7) is 2.73. The summed E-state index contributed by atoms with van der Waals surface area (Å²) in [7, 11) is 3.59. The highest BCUT2D eigenvalue weighted by Gasteiger charge is 2.13. The zero-order chi connectivity index (χ0) is 20.2. The standard InChI is InChI=1S/C21H22N6O2/c1-4-11-29-18-8-6-5-7-14(18)13-22-25-21-23-20-19(24-26-21)16-12-15(28-3)9-10-17(16)27(20)2/h5-10,12-13H,4,11H2,1-3H3,(H,23,25,26). The number of hydrogen-bond acceptors (Lipinski definition) is 7. The Morgan fingerprint density at radius 2 is 2.03 bits per heavy atom. The van der Waals surface area contributed by atoms with Gasteiger partial charge in [-0.05, 0) is 36.8 Å². The maximum absolute atomic E-state index is 5.74. The second-order valence-electron chi connectivity index (χ2n) is 6.51. The fraction of sp³-hybridized carbons (Fsp3) is 0.238. The second-order valence-corrected chi connectivity index (χ2v) is 6.51. The van der Waals surface area contributed by atoms with Crippen molar-refractivity contribution in [3.63, 3.8) is 0 Å². The lowest BCUT2D eigenvalue weighted by molar-refractivity contribution is 0.317. The van der Waals surface area contributed by atoms with Gasteiger partial charge in [0.05, 0.1) is 25.4 Å². The zero-order valence-corrected chi connectivity index (χ0v) is 16.6. The van der Waals surface area contributed by atoms with Gasteiger partial charge in [0.1, 0.15) is 17.0 Å². The number of methoxy groups -OCH3 is 1. The maximum Gasteiger partial charge on any atom is 0.265 e. The minimum Gasteiger partial charge on any atom is -0.497 e.